The van der Waals surface area contributed by atoms with Gasteiger partial charge in [-0.2, -0.15) is 0 Å². The van der Waals surface area contributed by atoms with Crippen molar-refractivity contribution in [2.24, 2.45) is 16.8 Å². The normalized spacial score (nSPS) is 14.1. The van der Waals surface area contributed by atoms with E-state index in [2.05, 4.69) is 43.1 Å². The average Bonchev–Trinajstić information content (AvgIpc) is 2.38. The van der Waals surface area contributed by atoms with Crippen LogP contribution in [0.3, 0.4) is 0 Å². The SMILES string of the molecule is CCCC(C(=O)NCCN(C(C)C)C(C)C)C(N)=NO. The van der Waals surface area contributed by atoms with Gasteiger partial charge in [0, 0.05) is 25.2 Å². The fourth-order valence-corrected chi connectivity index (χ4v) is 2.32. The first-order valence-corrected chi connectivity index (χ1v) is 7.35. The topological polar surface area (TPSA) is 91.0 Å². The zero-order chi connectivity index (χ0) is 15.7. The van der Waals surface area contributed by atoms with Crippen LogP contribution in [-0.2, 0) is 4.79 Å². The monoisotopic (exact) mass is 286 g/mol. The second-order valence-corrected chi connectivity index (χ2v) is 5.58. The second kappa shape index (κ2) is 9.58. The van der Waals surface area contributed by atoms with Gasteiger partial charge in [-0.3, -0.25) is 9.69 Å². The minimum Gasteiger partial charge on any atom is -0.409 e. The van der Waals surface area contributed by atoms with Gasteiger partial charge in [0.05, 0.1) is 5.92 Å². The molecule has 0 radical (unpaired) electrons. The van der Waals surface area contributed by atoms with E-state index in [0.717, 1.165) is 13.0 Å². The van der Waals surface area contributed by atoms with E-state index in [1.165, 1.54) is 0 Å². The van der Waals surface area contributed by atoms with Crippen molar-refractivity contribution in [2.75, 3.05) is 13.1 Å². The number of nitrogens with one attached hydrogen (secondary N) is 1. The lowest BCUT2D eigenvalue weighted by Gasteiger charge is -2.30. The second-order valence-electron chi connectivity index (χ2n) is 5.58. The number of hydrogen-bond acceptors (Lipinski definition) is 4. The van der Waals surface area contributed by atoms with E-state index in [4.69, 9.17) is 10.9 Å². The first kappa shape index (κ1) is 18.7. The summed E-state index contributed by atoms with van der Waals surface area (Å²) in [5.74, 6) is -0.736. The van der Waals surface area contributed by atoms with Gasteiger partial charge in [0.1, 0.15) is 0 Å². The summed E-state index contributed by atoms with van der Waals surface area (Å²) in [7, 11) is 0. The maximum absolute atomic E-state index is 12.1. The lowest BCUT2D eigenvalue weighted by molar-refractivity contribution is -0.123. The van der Waals surface area contributed by atoms with Crippen LogP contribution in [0.1, 0.15) is 47.5 Å². The standard InChI is InChI=1S/C14H30N4O2/c1-6-7-12(13(15)17-20)14(19)16-8-9-18(10(2)3)11(4)5/h10-12,20H,6-9H2,1-5H3,(H2,15,17)(H,16,19). The maximum atomic E-state index is 12.1. The Morgan fingerprint density at radius 3 is 2.25 bits per heavy atom. The van der Waals surface area contributed by atoms with Crippen LogP contribution in [0, 0.1) is 5.92 Å². The third-order valence-electron chi connectivity index (χ3n) is 3.36. The van der Waals surface area contributed by atoms with Crippen molar-refractivity contribution in [1.29, 1.82) is 0 Å². The minimum atomic E-state index is -0.545. The van der Waals surface area contributed by atoms with Crippen molar-refractivity contribution < 1.29 is 10.0 Å². The van der Waals surface area contributed by atoms with Crippen molar-refractivity contribution in [3.05, 3.63) is 0 Å². The number of hydrogen-bond donors (Lipinski definition) is 3. The molecule has 0 aromatic heterocycles. The highest BCUT2D eigenvalue weighted by Gasteiger charge is 2.22. The summed E-state index contributed by atoms with van der Waals surface area (Å²) in [5, 5.41) is 14.5. The molecule has 20 heavy (non-hydrogen) atoms. The van der Waals surface area contributed by atoms with Gasteiger partial charge in [-0.05, 0) is 34.1 Å². The number of nitrogens with two attached hydrogens (primary N) is 1. The number of rotatable bonds is 9. The van der Waals surface area contributed by atoms with Crippen molar-refractivity contribution in [3.63, 3.8) is 0 Å². The van der Waals surface area contributed by atoms with E-state index in [9.17, 15) is 4.79 Å². The number of carbonyl (C=O) groups is 1. The van der Waals surface area contributed by atoms with Crippen LogP contribution in [0.5, 0.6) is 0 Å². The highest BCUT2D eigenvalue weighted by Crippen LogP contribution is 2.07. The van der Waals surface area contributed by atoms with Gasteiger partial charge in [0.2, 0.25) is 5.91 Å². The zero-order valence-corrected chi connectivity index (χ0v) is 13.4. The third-order valence-corrected chi connectivity index (χ3v) is 3.36. The van der Waals surface area contributed by atoms with E-state index in [1.807, 2.05) is 6.92 Å². The van der Waals surface area contributed by atoms with E-state index in [0.29, 0.717) is 25.0 Å². The predicted molar refractivity (Wildman–Crippen MR) is 81.8 cm³/mol. The Bertz CT molecular complexity index is 308. The molecule has 0 aliphatic carbocycles. The fourth-order valence-electron chi connectivity index (χ4n) is 2.32. The zero-order valence-electron chi connectivity index (χ0n) is 13.4. The number of nitrogens with zero attached hydrogens (tertiary/aromatic N) is 2. The third kappa shape index (κ3) is 6.23. The molecule has 0 aromatic carbocycles. The molecule has 6 nitrogen and oxygen atoms in total. The minimum absolute atomic E-state index is 0.0195. The van der Waals surface area contributed by atoms with E-state index in [-0.39, 0.29) is 11.7 Å². The lowest BCUT2D eigenvalue weighted by Crippen LogP contribution is -2.45. The Hall–Kier alpha value is -1.30. The van der Waals surface area contributed by atoms with Crippen LogP contribution >= 0.6 is 0 Å². The summed E-state index contributed by atoms with van der Waals surface area (Å²) in [6.07, 6.45) is 1.39. The van der Waals surface area contributed by atoms with Crippen molar-refractivity contribution in [3.8, 4) is 0 Å². The Morgan fingerprint density at radius 2 is 1.85 bits per heavy atom. The molecule has 0 aliphatic heterocycles. The molecule has 0 rings (SSSR count). The molecule has 4 N–H and O–H groups in total. The number of amidine groups is 1. The number of amides is 1. The van der Waals surface area contributed by atoms with Crippen molar-refractivity contribution in [2.45, 2.75) is 59.5 Å². The summed E-state index contributed by atoms with van der Waals surface area (Å²) in [4.78, 5) is 14.4. The molecular weight excluding hydrogens is 256 g/mol. The fraction of sp³-hybridized carbons (Fsp3) is 0.857. The molecule has 0 bridgehead atoms. The molecule has 6 heteroatoms. The summed E-state index contributed by atoms with van der Waals surface area (Å²) in [6, 6.07) is 0.866. The van der Waals surface area contributed by atoms with Crippen LogP contribution in [-0.4, -0.2) is 47.0 Å². The van der Waals surface area contributed by atoms with Crippen LogP contribution in [0.4, 0.5) is 0 Å². The van der Waals surface area contributed by atoms with Gasteiger partial charge in [0.15, 0.2) is 5.84 Å². The molecule has 0 aliphatic rings. The molecule has 0 saturated carbocycles. The molecule has 0 heterocycles. The molecule has 1 atom stereocenters. The molecule has 118 valence electrons. The molecule has 1 amide bonds. The van der Waals surface area contributed by atoms with Gasteiger partial charge < -0.3 is 16.3 Å². The highest BCUT2D eigenvalue weighted by molar-refractivity contribution is 6.02. The Kier molecular flexibility index (Phi) is 8.96. The Balaban J connectivity index is 4.38. The first-order valence-electron chi connectivity index (χ1n) is 7.35. The molecule has 0 saturated heterocycles. The maximum Gasteiger partial charge on any atom is 0.230 e. The van der Waals surface area contributed by atoms with Crippen LogP contribution < -0.4 is 11.1 Å². The Labute approximate surface area is 122 Å². The summed E-state index contributed by atoms with van der Waals surface area (Å²) >= 11 is 0. The number of oxime groups is 1. The molecule has 1 unspecified atom stereocenters. The van der Waals surface area contributed by atoms with Crippen molar-refractivity contribution in [1.82, 2.24) is 10.2 Å². The van der Waals surface area contributed by atoms with E-state index < -0.39 is 5.92 Å². The largest absolute Gasteiger partial charge is 0.409 e. The smallest absolute Gasteiger partial charge is 0.230 e. The quantitative estimate of drug-likeness (QED) is 0.258. The van der Waals surface area contributed by atoms with Gasteiger partial charge in [-0.25, -0.2) is 0 Å². The predicted octanol–water partition coefficient (Wildman–Crippen LogP) is 1.38. The van der Waals surface area contributed by atoms with E-state index >= 15 is 0 Å². The summed E-state index contributed by atoms with van der Waals surface area (Å²) in [5.41, 5.74) is 5.56. The van der Waals surface area contributed by atoms with Crippen LogP contribution in [0.15, 0.2) is 5.16 Å². The molecule has 0 aromatic rings. The van der Waals surface area contributed by atoms with Gasteiger partial charge >= 0.3 is 0 Å². The summed E-state index contributed by atoms with van der Waals surface area (Å²) in [6.45, 7) is 11.9. The Morgan fingerprint density at radius 1 is 1.30 bits per heavy atom. The average molecular weight is 286 g/mol. The van der Waals surface area contributed by atoms with Gasteiger partial charge in [0.25, 0.3) is 0 Å². The van der Waals surface area contributed by atoms with Crippen LogP contribution in [0.25, 0.3) is 0 Å². The lowest BCUT2D eigenvalue weighted by atomic mass is 10.0. The van der Waals surface area contributed by atoms with Crippen molar-refractivity contribution >= 4 is 11.7 Å². The molecule has 0 fully saturated rings. The van der Waals surface area contributed by atoms with Crippen LogP contribution in [0.2, 0.25) is 0 Å². The molecular formula is C14H30N4O2. The number of carbonyl (C=O) groups excluding carboxylic acids is 1. The molecule has 0 spiro atoms. The first-order chi connectivity index (χ1) is 9.34. The van der Waals surface area contributed by atoms with Gasteiger partial charge in [-0.1, -0.05) is 18.5 Å². The van der Waals surface area contributed by atoms with E-state index in [1.54, 1.807) is 0 Å². The summed E-state index contributed by atoms with van der Waals surface area (Å²) < 4.78 is 0. The van der Waals surface area contributed by atoms with Gasteiger partial charge in [-0.15, -0.1) is 0 Å². The highest BCUT2D eigenvalue weighted by atomic mass is 16.4.